The molecule has 62 heavy (non-hydrogen) atoms. The number of benzene rings is 11. The van der Waals surface area contributed by atoms with Crippen molar-refractivity contribution in [1.82, 2.24) is 0 Å². The van der Waals surface area contributed by atoms with Crippen molar-refractivity contribution < 1.29 is 0 Å². The lowest BCUT2D eigenvalue weighted by molar-refractivity contribution is 0.714. The van der Waals surface area contributed by atoms with E-state index in [-0.39, 0.29) is 5.41 Å². The first-order valence-electron chi connectivity index (χ1n) is 22.1. The van der Waals surface area contributed by atoms with Crippen LogP contribution in [0.15, 0.2) is 194 Å². The predicted molar refractivity (Wildman–Crippen MR) is 264 cm³/mol. The van der Waals surface area contributed by atoms with Crippen LogP contribution >= 0.6 is 0 Å². The molecule has 3 aliphatic carbocycles. The average molecular weight is 785 g/mol. The molecule has 0 heterocycles. The van der Waals surface area contributed by atoms with Crippen LogP contribution in [0.2, 0.25) is 0 Å². The third kappa shape index (κ3) is 4.56. The first kappa shape index (κ1) is 34.2. The fourth-order valence-electron chi connectivity index (χ4n) is 12.0. The Morgan fingerprint density at radius 2 is 0.968 bits per heavy atom. The van der Waals surface area contributed by atoms with Crippen molar-refractivity contribution in [2.75, 3.05) is 0 Å². The SMILES string of the molecule is CC1(c2ccccc2)c2cc(-c3ccc(-c4ccc5ccc6cccc7ccc4c5c67)c4ccccc34)ccc2-c2ccc(-c3ccc4c5c6c(ccc35)C=CCC6=CC4)cc21. The van der Waals surface area contributed by atoms with Gasteiger partial charge in [-0.1, -0.05) is 188 Å². The minimum Gasteiger partial charge on any atom is -0.0795 e. The van der Waals surface area contributed by atoms with E-state index < -0.39 is 0 Å². The zero-order chi connectivity index (χ0) is 40.7. The minimum atomic E-state index is -0.351. The molecule has 0 aromatic heterocycles. The van der Waals surface area contributed by atoms with Crippen molar-refractivity contribution in [2.24, 2.45) is 0 Å². The Morgan fingerprint density at radius 3 is 1.74 bits per heavy atom. The molecule has 0 heteroatoms. The fraction of sp³-hybridized carbons (Fsp3) is 0.0645. The van der Waals surface area contributed by atoms with Crippen LogP contribution in [0.1, 0.15) is 46.7 Å². The van der Waals surface area contributed by atoms with Gasteiger partial charge in [-0.25, -0.2) is 0 Å². The molecule has 0 N–H and O–H groups in total. The van der Waals surface area contributed by atoms with Crippen LogP contribution < -0.4 is 0 Å². The molecule has 0 nitrogen and oxygen atoms in total. The zero-order valence-corrected chi connectivity index (χ0v) is 34.5. The molecule has 0 aliphatic heterocycles. The molecule has 3 aliphatic rings. The average Bonchev–Trinajstić information content (AvgIpc) is 3.59. The number of hydrogen-bond acceptors (Lipinski definition) is 0. The van der Waals surface area contributed by atoms with E-state index in [1.54, 1.807) is 0 Å². The Kier molecular flexibility index (Phi) is 6.90. The number of allylic oxidation sites excluding steroid dienone is 3. The van der Waals surface area contributed by atoms with Crippen molar-refractivity contribution in [1.29, 1.82) is 0 Å². The molecule has 11 aromatic carbocycles. The van der Waals surface area contributed by atoms with Crippen LogP contribution in [0.5, 0.6) is 0 Å². The molecule has 1 atom stereocenters. The highest BCUT2D eigenvalue weighted by Gasteiger charge is 2.41. The maximum atomic E-state index is 2.51. The number of rotatable bonds is 4. The summed E-state index contributed by atoms with van der Waals surface area (Å²) in [5.74, 6) is 0. The van der Waals surface area contributed by atoms with E-state index in [0.29, 0.717) is 0 Å². The van der Waals surface area contributed by atoms with Crippen LogP contribution in [0, 0.1) is 0 Å². The summed E-state index contributed by atoms with van der Waals surface area (Å²) in [7, 11) is 0. The van der Waals surface area contributed by atoms with E-state index in [1.165, 1.54) is 137 Å². The summed E-state index contributed by atoms with van der Waals surface area (Å²) < 4.78 is 0. The van der Waals surface area contributed by atoms with Crippen molar-refractivity contribution in [3.8, 4) is 44.5 Å². The first-order valence-corrected chi connectivity index (χ1v) is 22.1. The second kappa shape index (κ2) is 12.5. The Labute approximate surface area is 361 Å². The van der Waals surface area contributed by atoms with Gasteiger partial charge in [0.25, 0.3) is 0 Å². The lowest BCUT2D eigenvalue weighted by Crippen LogP contribution is -2.22. The van der Waals surface area contributed by atoms with Gasteiger partial charge in [0, 0.05) is 5.41 Å². The van der Waals surface area contributed by atoms with Crippen LogP contribution in [-0.4, -0.2) is 0 Å². The van der Waals surface area contributed by atoms with Gasteiger partial charge in [0.1, 0.15) is 0 Å². The van der Waals surface area contributed by atoms with Gasteiger partial charge in [-0.15, -0.1) is 0 Å². The topological polar surface area (TPSA) is 0 Å². The van der Waals surface area contributed by atoms with Gasteiger partial charge < -0.3 is 0 Å². The second-order valence-electron chi connectivity index (χ2n) is 18.0. The van der Waals surface area contributed by atoms with Crippen molar-refractivity contribution in [3.05, 3.63) is 228 Å². The van der Waals surface area contributed by atoms with Crippen LogP contribution in [0.25, 0.3) is 110 Å². The molecule has 288 valence electrons. The normalized spacial score (nSPS) is 16.1. The molecule has 1 unspecified atom stereocenters. The standard InChI is InChI=1S/C62H40/c1-62(45-13-3-2-4-14-45)56-35-43(25-29-52(56)53-30-26-44(36-57(53)62)47-27-21-41-19-17-37-9-7-11-39-23-31-54(47)60(41)58(37)39)46-33-34-50(49-16-6-5-15-48(46)49)51-28-22-42-20-18-38-10-8-12-40-24-32-55(51)61(42)59(38)40/h2-8,10-18,20-36H,9,19H2,1H3. The van der Waals surface area contributed by atoms with E-state index >= 15 is 0 Å². The highest BCUT2D eigenvalue weighted by molar-refractivity contribution is 6.26. The van der Waals surface area contributed by atoms with E-state index in [9.17, 15) is 0 Å². The molecule has 0 radical (unpaired) electrons. The lowest BCUT2D eigenvalue weighted by Gasteiger charge is -2.29. The smallest absolute Gasteiger partial charge is 0.0435 e. The molecule has 0 amide bonds. The molecular weight excluding hydrogens is 745 g/mol. The predicted octanol–water partition coefficient (Wildman–Crippen LogP) is 16.6. The van der Waals surface area contributed by atoms with Gasteiger partial charge >= 0.3 is 0 Å². The monoisotopic (exact) mass is 784 g/mol. The quantitative estimate of drug-likeness (QED) is 0.156. The minimum absolute atomic E-state index is 0.351. The van der Waals surface area contributed by atoms with Gasteiger partial charge in [0.15, 0.2) is 0 Å². The molecule has 0 saturated heterocycles. The van der Waals surface area contributed by atoms with E-state index in [1.807, 2.05) is 0 Å². The Balaban J connectivity index is 0.933. The molecule has 0 spiro atoms. The highest BCUT2D eigenvalue weighted by atomic mass is 14.4. The fourth-order valence-corrected chi connectivity index (χ4v) is 12.0. The first-order chi connectivity index (χ1) is 30.6. The third-order valence-electron chi connectivity index (χ3n) is 14.9. The van der Waals surface area contributed by atoms with Crippen molar-refractivity contribution in [3.63, 3.8) is 0 Å². The van der Waals surface area contributed by atoms with Crippen LogP contribution in [0.4, 0.5) is 0 Å². The molecule has 0 fully saturated rings. The Morgan fingerprint density at radius 1 is 0.403 bits per heavy atom. The maximum Gasteiger partial charge on any atom is 0.0435 e. The summed E-state index contributed by atoms with van der Waals surface area (Å²) in [4.78, 5) is 0. The van der Waals surface area contributed by atoms with Gasteiger partial charge in [0.05, 0.1) is 0 Å². The van der Waals surface area contributed by atoms with Crippen LogP contribution in [0.3, 0.4) is 0 Å². The Bertz CT molecular complexity index is 3790. The summed E-state index contributed by atoms with van der Waals surface area (Å²) in [6.45, 7) is 2.45. The van der Waals surface area contributed by atoms with E-state index in [2.05, 4.69) is 207 Å². The maximum absolute atomic E-state index is 2.51. The van der Waals surface area contributed by atoms with Crippen LogP contribution in [-0.2, 0) is 11.8 Å². The Hall–Kier alpha value is -7.54. The summed E-state index contributed by atoms with van der Waals surface area (Å²) in [6.07, 6.45) is 9.09. The van der Waals surface area contributed by atoms with Crippen molar-refractivity contribution in [2.45, 2.75) is 25.2 Å². The van der Waals surface area contributed by atoms with Gasteiger partial charge in [0.2, 0.25) is 0 Å². The van der Waals surface area contributed by atoms with E-state index in [0.717, 1.165) is 12.8 Å². The van der Waals surface area contributed by atoms with Gasteiger partial charge in [-0.2, -0.15) is 0 Å². The molecular formula is C62H40. The summed E-state index contributed by atoms with van der Waals surface area (Å²) in [5, 5.41) is 13.3. The summed E-state index contributed by atoms with van der Waals surface area (Å²) in [5.41, 5.74) is 19.7. The molecule has 0 saturated carbocycles. The van der Waals surface area contributed by atoms with Gasteiger partial charge in [-0.05, 0) is 169 Å². The van der Waals surface area contributed by atoms with Gasteiger partial charge in [-0.3, -0.25) is 0 Å². The molecule has 11 aromatic rings. The lowest BCUT2D eigenvalue weighted by atomic mass is 9.73. The zero-order valence-electron chi connectivity index (χ0n) is 34.5. The van der Waals surface area contributed by atoms with Crippen molar-refractivity contribution >= 4 is 65.5 Å². The second-order valence-corrected chi connectivity index (χ2v) is 18.0. The van der Waals surface area contributed by atoms with E-state index in [4.69, 9.17) is 0 Å². The number of fused-ring (bicyclic) bond motifs is 4. The third-order valence-corrected chi connectivity index (χ3v) is 14.9. The summed E-state index contributed by atoms with van der Waals surface area (Å²) in [6, 6.07) is 69.4. The number of hydrogen-bond donors (Lipinski definition) is 0. The highest BCUT2D eigenvalue weighted by Crippen LogP contribution is 2.55. The summed E-state index contributed by atoms with van der Waals surface area (Å²) >= 11 is 0. The molecule has 14 rings (SSSR count). The molecule has 0 bridgehead atoms. The largest absolute Gasteiger partial charge is 0.0795 e.